The molecule has 0 amide bonds. The number of ether oxygens (including phenoxy) is 1. The predicted octanol–water partition coefficient (Wildman–Crippen LogP) is 4.54. The fourth-order valence-electron chi connectivity index (χ4n) is 2.02. The van der Waals surface area contributed by atoms with Crippen molar-refractivity contribution in [1.82, 2.24) is 0 Å². The molecule has 0 aliphatic rings. The first-order chi connectivity index (χ1) is 10.1. The van der Waals surface area contributed by atoms with Crippen molar-refractivity contribution in [2.24, 2.45) is 0 Å². The molecule has 0 radical (unpaired) electrons. The SMILES string of the molecule is CCCOc1ccc(C(O)Cc2ccc(Cl)cc2F)cc1. The summed E-state index contributed by atoms with van der Waals surface area (Å²) >= 11 is 5.71. The number of hydrogen-bond donors (Lipinski definition) is 1. The van der Waals surface area contributed by atoms with Gasteiger partial charge in [0.1, 0.15) is 11.6 Å². The minimum absolute atomic E-state index is 0.207. The van der Waals surface area contributed by atoms with Crippen molar-refractivity contribution in [3.63, 3.8) is 0 Å². The van der Waals surface area contributed by atoms with E-state index in [0.717, 1.165) is 17.7 Å². The predicted molar refractivity (Wildman–Crippen MR) is 82.3 cm³/mol. The van der Waals surface area contributed by atoms with Crippen LogP contribution in [0.3, 0.4) is 0 Å². The van der Waals surface area contributed by atoms with Crippen molar-refractivity contribution < 1.29 is 14.2 Å². The van der Waals surface area contributed by atoms with Crippen LogP contribution in [0.1, 0.15) is 30.6 Å². The summed E-state index contributed by atoms with van der Waals surface area (Å²) in [4.78, 5) is 0. The van der Waals surface area contributed by atoms with Crippen LogP contribution in [0, 0.1) is 5.82 Å². The summed E-state index contributed by atoms with van der Waals surface area (Å²) in [6, 6.07) is 11.7. The number of benzene rings is 2. The second kappa shape index (κ2) is 7.43. The highest BCUT2D eigenvalue weighted by Gasteiger charge is 2.12. The maximum atomic E-state index is 13.7. The van der Waals surface area contributed by atoms with E-state index < -0.39 is 11.9 Å². The van der Waals surface area contributed by atoms with Gasteiger partial charge in [-0.3, -0.25) is 0 Å². The van der Waals surface area contributed by atoms with Gasteiger partial charge in [-0.25, -0.2) is 4.39 Å². The highest BCUT2D eigenvalue weighted by Crippen LogP contribution is 2.23. The first-order valence-electron chi connectivity index (χ1n) is 6.95. The van der Waals surface area contributed by atoms with Gasteiger partial charge in [-0.1, -0.05) is 36.7 Å². The largest absolute Gasteiger partial charge is 0.494 e. The quantitative estimate of drug-likeness (QED) is 0.848. The molecule has 1 unspecified atom stereocenters. The monoisotopic (exact) mass is 308 g/mol. The van der Waals surface area contributed by atoms with Crippen LogP contribution >= 0.6 is 11.6 Å². The summed E-state index contributed by atoms with van der Waals surface area (Å²) in [7, 11) is 0. The van der Waals surface area contributed by atoms with E-state index >= 15 is 0 Å². The van der Waals surface area contributed by atoms with Gasteiger partial charge < -0.3 is 9.84 Å². The minimum atomic E-state index is -0.763. The van der Waals surface area contributed by atoms with Gasteiger partial charge >= 0.3 is 0 Å². The topological polar surface area (TPSA) is 29.5 Å². The van der Waals surface area contributed by atoms with E-state index in [9.17, 15) is 9.50 Å². The van der Waals surface area contributed by atoms with Gasteiger partial charge in [0.15, 0.2) is 0 Å². The lowest BCUT2D eigenvalue weighted by molar-refractivity contribution is 0.177. The zero-order valence-electron chi connectivity index (χ0n) is 11.9. The van der Waals surface area contributed by atoms with Gasteiger partial charge in [-0.15, -0.1) is 0 Å². The molecule has 0 fully saturated rings. The molecule has 1 atom stereocenters. The molecule has 0 aliphatic carbocycles. The van der Waals surface area contributed by atoms with Crippen molar-refractivity contribution in [3.05, 3.63) is 64.4 Å². The molecule has 0 saturated carbocycles. The summed E-state index contributed by atoms with van der Waals surface area (Å²) in [6.45, 7) is 2.71. The number of halogens is 2. The fourth-order valence-corrected chi connectivity index (χ4v) is 2.18. The molecule has 21 heavy (non-hydrogen) atoms. The molecule has 2 aromatic rings. The number of hydrogen-bond acceptors (Lipinski definition) is 2. The first kappa shape index (κ1) is 15.8. The van der Waals surface area contributed by atoms with Crippen molar-refractivity contribution >= 4 is 11.6 Å². The van der Waals surface area contributed by atoms with Crippen molar-refractivity contribution in [3.8, 4) is 5.75 Å². The van der Waals surface area contributed by atoms with Crippen LogP contribution in [0.25, 0.3) is 0 Å². The highest BCUT2D eigenvalue weighted by molar-refractivity contribution is 6.30. The smallest absolute Gasteiger partial charge is 0.127 e. The van der Waals surface area contributed by atoms with Crippen LogP contribution in [0.15, 0.2) is 42.5 Å². The maximum Gasteiger partial charge on any atom is 0.127 e. The molecule has 112 valence electrons. The first-order valence-corrected chi connectivity index (χ1v) is 7.32. The van der Waals surface area contributed by atoms with Crippen molar-refractivity contribution in [2.45, 2.75) is 25.9 Å². The van der Waals surface area contributed by atoms with E-state index in [1.54, 1.807) is 24.3 Å². The maximum absolute atomic E-state index is 13.7. The Hall–Kier alpha value is -1.58. The zero-order chi connectivity index (χ0) is 15.2. The third kappa shape index (κ3) is 4.45. The van der Waals surface area contributed by atoms with E-state index in [4.69, 9.17) is 16.3 Å². The number of aliphatic hydroxyl groups excluding tert-OH is 1. The average molecular weight is 309 g/mol. The van der Waals surface area contributed by atoms with Crippen LogP contribution in [0.5, 0.6) is 5.75 Å². The lowest BCUT2D eigenvalue weighted by atomic mass is 10.0. The normalized spacial score (nSPS) is 12.2. The highest BCUT2D eigenvalue weighted by atomic mass is 35.5. The van der Waals surface area contributed by atoms with Gasteiger partial charge in [0.25, 0.3) is 0 Å². The van der Waals surface area contributed by atoms with E-state index in [0.29, 0.717) is 17.2 Å². The van der Waals surface area contributed by atoms with Crippen LogP contribution in [0.2, 0.25) is 5.02 Å². The van der Waals surface area contributed by atoms with E-state index in [-0.39, 0.29) is 6.42 Å². The molecule has 0 aromatic heterocycles. The Morgan fingerprint density at radius 1 is 1.19 bits per heavy atom. The lowest BCUT2D eigenvalue weighted by Crippen LogP contribution is -2.04. The van der Waals surface area contributed by atoms with Crippen LogP contribution < -0.4 is 4.74 Å². The summed E-state index contributed by atoms with van der Waals surface area (Å²) in [5.41, 5.74) is 1.17. The van der Waals surface area contributed by atoms with E-state index in [2.05, 4.69) is 0 Å². The van der Waals surface area contributed by atoms with Crippen LogP contribution in [-0.4, -0.2) is 11.7 Å². The summed E-state index contributed by atoms with van der Waals surface area (Å²) in [5.74, 6) is 0.370. The van der Waals surface area contributed by atoms with Crippen molar-refractivity contribution in [1.29, 1.82) is 0 Å². The van der Waals surface area contributed by atoms with Gasteiger partial charge in [-0.05, 0) is 41.8 Å². The molecule has 2 nitrogen and oxygen atoms in total. The summed E-state index contributed by atoms with van der Waals surface area (Å²) in [5, 5.41) is 10.5. The fraction of sp³-hybridized carbons (Fsp3) is 0.294. The van der Waals surface area contributed by atoms with Gasteiger partial charge in [0, 0.05) is 11.4 Å². The van der Waals surface area contributed by atoms with E-state index in [1.807, 2.05) is 19.1 Å². The lowest BCUT2D eigenvalue weighted by Gasteiger charge is -2.13. The molecule has 4 heteroatoms. The Bertz CT molecular complexity index is 584. The van der Waals surface area contributed by atoms with Crippen LogP contribution in [-0.2, 0) is 6.42 Å². The Kier molecular flexibility index (Phi) is 5.59. The van der Waals surface area contributed by atoms with Gasteiger partial charge in [0.05, 0.1) is 12.7 Å². The Balaban J connectivity index is 2.04. The standard InChI is InChI=1S/C17H18ClFO2/c1-2-9-21-15-7-4-12(5-8-15)17(20)10-13-3-6-14(18)11-16(13)19/h3-8,11,17,20H,2,9-10H2,1H3. The molecule has 0 bridgehead atoms. The Morgan fingerprint density at radius 2 is 1.90 bits per heavy atom. The summed E-state index contributed by atoms with van der Waals surface area (Å²) in [6.07, 6.45) is 0.388. The minimum Gasteiger partial charge on any atom is -0.494 e. The molecule has 0 heterocycles. The number of aliphatic hydroxyl groups is 1. The van der Waals surface area contributed by atoms with Crippen LogP contribution in [0.4, 0.5) is 4.39 Å². The molecule has 1 N–H and O–H groups in total. The summed E-state index contributed by atoms with van der Waals surface area (Å²) < 4.78 is 19.2. The van der Waals surface area contributed by atoms with Gasteiger partial charge in [-0.2, -0.15) is 0 Å². The van der Waals surface area contributed by atoms with E-state index in [1.165, 1.54) is 6.07 Å². The molecule has 2 aromatic carbocycles. The molecular formula is C17H18ClFO2. The second-order valence-electron chi connectivity index (χ2n) is 4.87. The Labute approximate surface area is 129 Å². The molecule has 0 spiro atoms. The van der Waals surface area contributed by atoms with Gasteiger partial charge in [0.2, 0.25) is 0 Å². The third-order valence-electron chi connectivity index (χ3n) is 3.17. The Morgan fingerprint density at radius 3 is 2.52 bits per heavy atom. The molecular weight excluding hydrogens is 291 g/mol. The second-order valence-corrected chi connectivity index (χ2v) is 5.31. The third-order valence-corrected chi connectivity index (χ3v) is 3.40. The average Bonchev–Trinajstić information content (AvgIpc) is 2.48. The molecule has 0 saturated heterocycles. The molecule has 0 aliphatic heterocycles. The van der Waals surface area contributed by atoms with Crippen molar-refractivity contribution in [2.75, 3.05) is 6.61 Å². The zero-order valence-corrected chi connectivity index (χ0v) is 12.6. The molecule has 2 rings (SSSR count). The number of rotatable bonds is 6.